The standard InChI is InChI=1S/C10H10N2O2S/c1-15-8-4-2-3-7(5-8)12-9(13)6-11-10(12)14/h2-5H,6H2,1H3,(H,11,14). The van der Waals surface area contributed by atoms with Gasteiger partial charge in [0.05, 0.1) is 12.2 Å². The van der Waals surface area contributed by atoms with Crippen LogP contribution < -0.4 is 10.2 Å². The van der Waals surface area contributed by atoms with E-state index in [4.69, 9.17) is 0 Å². The van der Waals surface area contributed by atoms with Crippen LogP contribution in [-0.2, 0) is 4.79 Å². The van der Waals surface area contributed by atoms with E-state index in [1.807, 2.05) is 24.5 Å². The van der Waals surface area contributed by atoms with Gasteiger partial charge < -0.3 is 5.32 Å². The van der Waals surface area contributed by atoms with Gasteiger partial charge in [-0.1, -0.05) is 6.07 Å². The molecule has 1 N–H and O–H groups in total. The third-order valence-electron chi connectivity index (χ3n) is 2.15. The van der Waals surface area contributed by atoms with Crippen molar-refractivity contribution in [3.8, 4) is 0 Å². The van der Waals surface area contributed by atoms with Crippen LogP contribution in [-0.4, -0.2) is 24.7 Å². The predicted molar refractivity (Wildman–Crippen MR) is 59.1 cm³/mol. The van der Waals surface area contributed by atoms with Gasteiger partial charge in [-0.25, -0.2) is 9.69 Å². The zero-order chi connectivity index (χ0) is 10.8. The highest BCUT2D eigenvalue weighted by Gasteiger charge is 2.29. The highest BCUT2D eigenvalue weighted by Crippen LogP contribution is 2.23. The molecule has 0 saturated carbocycles. The van der Waals surface area contributed by atoms with E-state index in [0.717, 1.165) is 4.90 Å². The summed E-state index contributed by atoms with van der Waals surface area (Å²) >= 11 is 1.57. The molecule has 78 valence electrons. The van der Waals surface area contributed by atoms with Gasteiger partial charge in [0.15, 0.2) is 0 Å². The number of nitrogens with one attached hydrogen (secondary N) is 1. The lowest BCUT2D eigenvalue weighted by atomic mass is 10.3. The first-order valence-corrected chi connectivity index (χ1v) is 5.69. The SMILES string of the molecule is CSc1cccc(N2C(=O)CNC2=O)c1. The van der Waals surface area contributed by atoms with Crippen molar-refractivity contribution in [1.29, 1.82) is 0 Å². The lowest BCUT2D eigenvalue weighted by Gasteiger charge is -2.12. The van der Waals surface area contributed by atoms with E-state index < -0.39 is 0 Å². The molecule has 0 bridgehead atoms. The molecule has 0 aliphatic carbocycles. The van der Waals surface area contributed by atoms with Gasteiger partial charge in [-0.15, -0.1) is 11.8 Å². The van der Waals surface area contributed by atoms with Crippen LogP contribution in [0.1, 0.15) is 0 Å². The Balaban J connectivity index is 2.36. The molecule has 0 atom stereocenters. The van der Waals surface area contributed by atoms with Gasteiger partial charge in [0.25, 0.3) is 5.91 Å². The van der Waals surface area contributed by atoms with E-state index in [2.05, 4.69) is 5.32 Å². The van der Waals surface area contributed by atoms with Crippen LogP contribution in [0.4, 0.5) is 10.5 Å². The molecule has 0 unspecified atom stereocenters. The van der Waals surface area contributed by atoms with Crippen LogP contribution in [0, 0.1) is 0 Å². The number of thioether (sulfide) groups is 1. The van der Waals surface area contributed by atoms with Crippen LogP contribution in [0.15, 0.2) is 29.2 Å². The molecule has 0 radical (unpaired) electrons. The lowest BCUT2D eigenvalue weighted by molar-refractivity contribution is -0.115. The number of carbonyl (C=O) groups is 2. The molecule has 1 aromatic rings. The zero-order valence-electron chi connectivity index (χ0n) is 8.19. The van der Waals surface area contributed by atoms with Crippen LogP contribution in [0.3, 0.4) is 0 Å². The first-order chi connectivity index (χ1) is 7.22. The fourth-order valence-corrected chi connectivity index (χ4v) is 1.89. The first kappa shape index (κ1) is 10.0. The van der Waals surface area contributed by atoms with Gasteiger partial charge in [0.2, 0.25) is 0 Å². The quantitative estimate of drug-likeness (QED) is 0.609. The smallest absolute Gasteiger partial charge is 0.328 e. The van der Waals surface area contributed by atoms with Crippen molar-refractivity contribution in [2.45, 2.75) is 4.90 Å². The van der Waals surface area contributed by atoms with Crippen molar-refractivity contribution in [1.82, 2.24) is 5.32 Å². The summed E-state index contributed by atoms with van der Waals surface area (Å²) in [6, 6.07) is 7.00. The number of hydrogen-bond donors (Lipinski definition) is 1. The second-order valence-corrected chi connectivity index (χ2v) is 3.97. The van der Waals surface area contributed by atoms with Gasteiger partial charge in [-0.3, -0.25) is 4.79 Å². The van der Waals surface area contributed by atoms with E-state index in [1.54, 1.807) is 17.8 Å². The van der Waals surface area contributed by atoms with Gasteiger partial charge >= 0.3 is 6.03 Å². The summed E-state index contributed by atoms with van der Waals surface area (Å²) in [6.45, 7) is 0.0856. The van der Waals surface area contributed by atoms with Crippen LogP contribution in [0.2, 0.25) is 0 Å². The second kappa shape index (κ2) is 3.94. The van der Waals surface area contributed by atoms with E-state index in [9.17, 15) is 9.59 Å². The maximum Gasteiger partial charge on any atom is 0.329 e. The number of rotatable bonds is 2. The summed E-state index contributed by atoms with van der Waals surface area (Å²) < 4.78 is 0. The van der Waals surface area contributed by atoms with Crippen molar-refractivity contribution < 1.29 is 9.59 Å². The van der Waals surface area contributed by atoms with Crippen LogP contribution in [0.5, 0.6) is 0 Å². The Bertz CT molecular complexity index is 404. The molecular weight excluding hydrogens is 212 g/mol. The largest absolute Gasteiger partial charge is 0.329 e. The Hall–Kier alpha value is -1.49. The fourth-order valence-electron chi connectivity index (χ4n) is 1.43. The number of imide groups is 1. The molecule has 5 heteroatoms. The van der Waals surface area contributed by atoms with Gasteiger partial charge in [-0.2, -0.15) is 0 Å². The average molecular weight is 222 g/mol. The van der Waals surface area contributed by atoms with E-state index in [0.29, 0.717) is 5.69 Å². The molecule has 4 nitrogen and oxygen atoms in total. The zero-order valence-corrected chi connectivity index (χ0v) is 9.00. The summed E-state index contributed by atoms with van der Waals surface area (Å²) in [7, 11) is 0. The average Bonchev–Trinajstić information content (AvgIpc) is 2.59. The molecule has 1 saturated heterocycles. The Kier molecular flexibility index (Phi) is 2.64. The number of hydrogen-bond acceptors (Lipinski definition) is 3. The fraction of sp³-hybridized carbons (Fsp3) is 0.200. The monoisotopic (exact) mass is 222 g/mol. The van der Waals surface area contributed by atoms with Crippen molar-refractivity contribution in [2.75, 3.05) is 17.7 Å². The molecule has 1 aromatic carbocycles. The van der Waals surface area contributed by atoms with E-state index in [1.165, 1.54) is 4.90 Å². The number of anilines is 1. The minimum absolute atomic E-state index is 0.0856. The van der Waals surface area contributed by atoms with Crippen LogP contribution in [0.25, 0.3) is 0 Å². The van der Waals surface area contributed by atoms with Crippen molar-refractivity contribution >= 4 is 29.4 Å². The lowest BCUT2D eigenvalue weighted by Crippen LogP contribution is -2.30. The van der Waals surface area contributed by atoms with E-state index in [-0.39, 0.29) is 18.5 Å². The minimum Gasteiger partial charge on any atom is -0.328 e. The molecule has 15 heavy (non-hydrogen) atoms. The number of carbonyl (C=O) groups excluding carboxylic acids is 2. The molecule has 1 fully saturated rings. The van der Waals surface area contributed by atoms with E-state index >= 15 is 0 Å². The summed E-state index contributed by atoms with van der Waals surface area (Å²) in [5, 5.41) is 2.49. The van der Waals surface area contributed by atoms with Crippen molar-refractivity contribution in [2.24, 2.45) is 0 Å². The molecule has 0 spiro atoms. The van der Waals surface area contributed by atoms with Gasteiger partial charge in [0, 0.05) is 4.90 Å². The summed E-state index contributed by atoms with van der Waals surface area (Å²) in [4.78, 5) is 25.0. The third-order valence-corrected chi connectivity index (χ3v) is 2.88. The molecule has 1 heterocycles. The number of nitrogens with zero attached hydrogens (tertiary/aromatic N) is 1. The highest BCUT2D eigenvalue weighted by atomic mass is 32.2. The van der Waals surface area contributed by atoms with Crippen LogP contribution >= 0.6 is 11.8 Å². The number of benzene rings is 1. The normalized spacial score (nSPS) is 15.7. The first-order valence-electron chi connectivity index (χ1n) is 4.47. The maximum absolute atomic E-state index is 11.4. The summed E-state index contributed by atoms with van der Waals surface area (Å²) in [5.74, 6) is -0.210. The minimum atomic E-state index is -0.349. The molecule has 3 amide bonds. The molecule has 1 aliphatic rings. The number of amides is 3. The number of urea groups is 1. The second-order valence-electron chi connectivity index (χ2n) is 3.09. The predicted octanol–water partition coefficient (Wildman–Crippen LogP) is 1.46. The molecule has 0 aromatic heterocycles. The highest BCUT2D eigenvalue weighted by molar-refractivity contribution is 7.98. The topological polar surface area (TPSA) is 49.4 Å². The summed E-state index contributed by atoms with van der Waals surface area (Å²) in [5.41, 5.74) is 0.627. The Labute approximate surface area is 91.6 Å². The van der Waals surface area contributed by atoms with Gasteiger partial charge in [-0.05, 0) is 24.5 Å². The Morgan fingerprint density at radius 1 is 1.40 bits per heavy atom. The Morgan fingerprint density at radius 3 is 2.80 bits per heavy atom. The van der Waals surface area contributed by atoms with Gasteiger partial charge in [0.1, 0.15) is 0 Å². The van der Waals surface area contributed by atoms with Crippen molar-refractivity contribution in [3.63, 3.8) is 0 Å². The molecule has 1 aliphatic heterocycles. The molecular formula is C10H10N2O2S. The third kappa shape index (κ3) is 1.83. The summed E-state index contributed by atoms with van der Waals surface area (Å²) in [6.07, 6.45) is 1.95. The molecule has 2 rings (SSSR count). The Morgan fingerprint density at radius 2 is 2.20 bits per heavy atom. The van der Waals surface area contributed by atoms with Crippen molar-refractivity contribution in [3.05, 3.63) is 24.3 Å². The maximum atomic E-state index is 11.4.